The first-order valence-electron chi connectivity index (χ1n) is 12.8. The van der Waals surface area contributed by atoms with E-state index in [4.69, 9.17) is 42.1 Å². The average molecular weight is 656 g/mol. The maximum atomic E-state index is 13.8. The quantitative estimate of drug-likeness (QED) is 0.176. The molecule has 15 heteroatoms. The highest BCUT2D eigenvalue weighted by Crippen LogP contribution is 2.41. The number of methoxy groups -OCH3 is 3. The predicted molar refractivity (Wildman–Crippen MR) is 157 cm³/mol. The van der Waals surface area contributed by atoms with Crippen LogP contribution < -0.4 is 14.2 Å². The zero-order valence-corrected chi connectivity index (χ0v) is 25.7. The second-order valence-electron chi connectivity index (χ2n) is 9.61. The molecule has 0 bridgehead atoms. The standard InChI is InChI=1S/C28H28Cl2N2O10S/c1-39-22-13-18(14-23(40-2)26(22)41-3)27(33)31-11-12-42-28(16-31,19-7-8-20(29)21(30)15-19)10-9-17-5-4-6-24(43(36,37)38)25(17)32(34)35/h4-8,13-15H,9-12,16H2,1-3H3,(H,36,37,38). The van der Waals surface area contributed by atoms with Crippen LogP contribution in [0.1, 0.15) is 27.9 Å². The molecule has 0 aromatic heterocycles. The van der Waals surface area contributed by atoms with E-state index in [0.29, 0.717) is 27.8 Å². The van der Waals surface area contributed by atoms with Crippen LogP contribution in [-0.2, 0) is 26.9 Å². The van der Waals surface area contributed by atoms with Crippen molar-refractivity contribution in [3.8, 4) is 17.2 Å². The third-order valence-electron chi connectivity index (χ3n) is 7.17. The molecule has 1 fully saturated rings. The number of benzene rings is 3. The van der Waals surface area contributed by atoms with E-state index in [2.05, 4.69) is 0 Å². The molecule has 1 heterocycles. The number of carbonyl (C=O) groups excluding carboxylic acids is 1. The average Bonchev–Trinajstić information content (AvgIpc) is 2.99. The van der Waals surface area contributed by atoms with E-state index in [1.807, 2.05) is 0 Å². The number of para-hydroxylation sites is 1. The highest BCUT2D eigenvalue weighted by molar-refractivity contribution is 7.86. The number of hydrogen-bond donors (Lipinski definition) is 1. The van der Waals surface area contributed by atoms with Crippen LogP contribution in [0.15, 0.2) is 53.4 Å². The van der Waals surface area contributed by atoms with Gasteiger partial charge in [0.15, 0.2) is 16.4 Å². The van der Waals surface area contributed by atoms with Gasteiger partial charge in [-0.15, -0.1) is 0 Å². The molecule has 1 aliphatic rings. The lowest BCUT2D eigenvalue weighted by molar-refractivity contribution is -0.388. The van der Waals surface area contributed by atoms with Crippen LogP contribution in [-0.4, -0.2) is 69.7 Å². The van der Waals surface area contributed by atoms with Crippen LogP contribution in [0.2, 0.25) is 10.0 Å². The third-order valence-corrected chi connectivity index (χ3v) is 8.80. The summed E-state index contributed by atoms with van der Waals surface area (Å²) in [6, 6.07) is 11.6. The summed E-state index contributed by atoms with van der Waals surface area (Å²) in [5, 5.41) is 12.4. The molecule has 1 aliphatic heterocycles. The molecule has 1 amide bonds. The van der Waals surface area contributed by atoms with Crippen LogP contribution in [0.3, 0.4) is 0 Å². The second kappa shape index (κ2) is 12.9. The molecule has 1 unspecified atom stereocenters. The number of morpholine rings is 1. The number of amides is 1. The van der Waals surface area contributed by atoms with Crippen LogP contribution in [0.5, 0.6) is 17.2 Å². The Morgan fingerprint density at radius 2 is 1.74 bits per heavy atom. The fraction of sp³-hybridized carbons (Fsp3) is 0.321. The molecular weight excluding hydrogens is 627 g/mol. The number of halogens is 2. The molecule has 43 heavy (non-hydrogen) atoms. The fourth-order valence-electron chi connectivity index (χ4n) is 5.12. The van der Waals surface area contributed by atoms with Crippen molar-refractivity contribution in [2.45, 2.75) is 23.3 Å². The summed E-state index contributed by atoms with van der Waals surface area (Å²) in [7, 11) is -0.554. The zero-order chi connectivity index (χ0) is 31.5. The molecular formula is C28H28Cl2N2O10S. The number of carbonyl (C=O) groups is 1. The summed E-state index contributed by atoms with van der Waals surface area (Å²) in [5.74, 6) is 0.536. The highest BCUT2D eigenvalue weighted by atomic mass is 35.5. The Labute approximate surface area is 257 Å². The van der Waals surface area contributed by atoms with Gasteiger partial charge in [-0.25, -0.2) is 0 Å². The maximum Gasteiger partial charge on any atom is 0.301 e. The largest absolute Gasteiger partial charge is 0.493 e. The number of ether oxygens (including phenoxy) is 4. The molecule has 230 valence electrons. The molecule has 0 saturated carbocycles. The minimum Gasteiger partial charge on any atom is -0.493 e. The molecule has 12 nitrogen and oxygen atoms in total. The molecule has 1 atom stereocenters. The molecule has 0 spiro atoms. The van der Waals surface area contributed by atoms with Crippen LogP contribution in [0.4, 0.5) is 5.69 Å². The predicted octanol–water partition coefficient (Wildman–Crippen LogP) is 5.17. The van der Waals surface area contributed by atoms with Crippen molar-refractivity contribution < 1.29 is 41.6 Å². The molecule has 0 radical (unpaired) electrons. The fourth-order valence-corrected chi connectivity index (χ4v) is 6.11. The maximum absolute atomic E-state index is 13.8. The van der Waals surface area contributed by atoms with Crippen molar-refractivity contribution in [1.82, 2.24) is 4.90 Å². The molecule has 0 aliphatic carbocycles. The lowest BCUT2D eigenvalue weighted by Crippen LogP contribution is -2.52. The Hall–Kier alpha value is -3.62. The van der Waals surface area contributed by atoms with Crippen LogP contribution in [0.25, 0.3) is 0 Å². The molecule has 4 rings (SSSR count). The van der Waals surface area contributed by atoms with Gasteiger partial charge in [0, 0.05) is 17.7 Å². The lowest BCUT2D eigenvalue weighted by Gasteiger charge is -2.43. The summed E-state index contributed by atoms with van der Waals surface area (Å²) >= 11 is 12.5. The second-order valence-corrected chi connectivity index (χ2v) is 11.8. The van der Waals surface area contributed by atoms with Gasteiger partial charge < -0.3 is 23.8 Å². The van der Waals surface area contributed by atoms with Crippen molar-refractivity contribution in [3.05, 3.63) is 85.4 Å². The summed E-state index contributed by atoms with van der Waals surface area (Å²) in [6.45, 7) is 0.326. The van der Waals surface area contributed by atoms with Crippen molar-refractivity contribution in [1.29, 1.82) is 0 Å². The molecule has 3 aromatic rings. The Balaban J connectivity index is 1.76. The first-order chi connectivity index (χ1) is 20.3. The van der Waals surface area contributed by atoms with Crippen LogP contribution in [0, 0.1) is 10.1 Å². The van der Waals surface area contributed by atoms with Crippen molar-refractivity contribution in [2.75, 3.05) is 41.0 Å². The highest BCUT2D eigenvalue weighted by Gasteiger charge is 2.41. The van der Waals surface area contributed by atoms with E-state index < -0.39 is 31.2 Å². The number of rotatable bonds is 10. The summed E-state index contributed by atoms with van der Waals surface area (Å²) < 4.78 is 55.8. The van der Waals surface area contributed by atoms with Crippen LogP contribution >= 0.6 is 23.2 Å². The Morgan fingerprint density at radius 1 is 1.07 bits per heavy atom. The monoisotopic (exact) mass is 654 g/mol. The SMILES string of the molecule is COc1cc(C(=O)N2CCOC(CCc3cccc(S(=O)(=O)O)c3[N+](=O)[O-])(c3ccc(Cl)c(Cl)c3)C2)cc(OC)c1OC. The van der Waals surface area contributed by atoms with E-state index in [0.717, 1.165) is 6.07 Å². The number of nitrogens with zero attached hydrogens (tertiary/aromatic N) is 2. The molecule has 3 aromatic carbocycles. The van der Waals surface area contributed by atoms with Gasteiger partial charge in [0.1, 0.15) is 5.60 Å². The van der Waals surface area contributed by atoms with Crippen molar-refractivity contribution >= 4 is 44.9 Å². The molecule has 1 N–H and O–H groups in total. The summed E-state index contributed by atoms with van der Waals surface area (Å²) in [4.78, 5) is 25.6. The van der Waals surface area contributed by atoms with Gasteiger partial charge in [0.05, 0.1) is 49.4 Å². The lowest BCUT2D eigenvalue weighted by atomic mass is 9.85. The first kappa shape index (κ1) is 32.3. The van der Waals surface area contributed by atoms with Gasteiger partial charge >= 0.3 is 10.1 Å². The van der Waals surface area contributed by atoms with Gasteiger partial charge in [-0.3, -0.25) is 19.5 Å². The van der Waals surface area contributed by atoms with Gasteiger partial charge in [0.2, 0.25) is 5.75 Å². The van der Waals surface area contributed by atoms with Crippen molar-refractivity contribution in [2.24, 2.45) is 0 Å². The Morgan fingerprint density at radius 3 is 2.30 bits per heavy atom. The minimum atomic E-state index is -4.88. The van der Waals surface area contributed by atoms with E-state index in [9.17, 15) is 27.9 Å². The topological polar surface area (TPSA) is 155 Å². The smallest absolute Gasteiger partial charge is 0.301 e. The number of hydrogen-bond acceptors (Lipinski definition) is 9. The summed E-state index contributed by atoms with van der Waals surface area (Å²) in [6.07, 6.45) is 0.0197. The number of aryl methyl sites for hydroxylation is 1. The van der Waals surface area contributed by atoms with Gasteiger partial charge in [0.25, 0.3) is 11.6 Å². The van der Waals surface area contributed by atoms with Gasteiger partial charge in [-0.05, 0) is 48.7 Å². The van der Waals surface area contributed by atoms with E-state index in [-0.39, 0.29) is 54.6 Å². The van der Waals surface area contributed by atoms with Gasteiger partial charge in [-0.2, -0.15) is 8.42 Å². The number of nitro groups is 1. The Bertz CT molecular complexity index is 1640. The zero-order valence-electron chi connectivity index (χ0n) is 23.3. The number of nitro benzene ring substituents is 1. The third kappa shape index (κ3) is 6.65. The normalized spacial score (nSPS) is 16.9. The minimum absolute atomic E-state index is 0.00619. The van der Waals surface area contributed by atoms with E-state index in [1.165, 1.54) is 45.6 Å². The molecule has 1 saturated heterocycles. The first-order valence-corrected chi connectivity index (χ1v) is 15.0. The van der Waals surface area contributed by atoms with Gasteiger partial charge in [-0.1, -0.05) is 41.4 Å². The van der Waals surface area contributed by atoms with E-state index in [1.54, 1.807) is 23.1 Å². The van der Waals surface area contributed by atoms with Crippen molar-refractivity contribution in [3.63, 3.8) is 0 Å². The Kier molecular flexibility index (Phi) is 9.72. The summed E-state index contributed by atoms with van der Waals surface area (Å²) in [5.41, 5.74) is -1.11. The van der Waals surface area contributed by atoms with E-state index >= 15 is 0 Å².